The summed E-state index contributed by atoms with van der Waals surface area (Å²) in [6.07, 6.45) is 3.89. The van der Waals surface area contributed by atoms with Gasteiger partial charge in [-0.2, -0.15) is 0 Å². The Morgan fingerprint density at radius 1 is 0.970 bits per heavy atom. The maximum absolute atomic E-state index is 9.94. The third kappa shape index (κ3) is 3.89. The fraction of sp³-hybridized carbons (Fsp3) is 0.400. The number of rotatable bonds is 6. The first-order valence-corrected chi connectivity index (χ1v) is 11.1. The second-order valence-electron chi connectivity index (χ2n) is 8.41. The number of oxime groups is 1. The predicted molar refractivity (Wildman–Crippen MR) is 132 cm³/mol. The van der Waals surface area contributed by atoms with E-state index >= 15 is 0 Å². The molecule has 8 heteroatoms. The number of hydrogen-bond donors (Lipinski definition) is 1. The van der Waals surface area contributed by atoms with Crippen LogP contribution in [0, 0.1) is 0 Å². The highest BCUT2D eigenvalue weighted by Gasteiger charge is 2.33. The van der Waals surface area contributed by atoms with E-state index in [0.29, 0.717) is 23.8 Å². The summed E-state index contributed by atoms with van der Waals surface area (Å²) in [5, 5.41) is 14.6. The Hall–Kier alpha value is -2.90. The third-order valence-electron chi connectivity index (χ3n) is 6.67. The zero-order valence-electron chi connectivity index (χ0n) is 19.3. The molecule has 2 aliphatic rings. The van der Waals surface area contributed by atoms with E-state index in [4.69, 9.17) is 14.2 Å². The molecule has 1 aliphatic heterocycles. The van der Waals surface area contributed by atoms with Gasteiger partial charge in [0.2, 0.25) is 0 Å². The van der Waals surface area contributed by atoms with Crippen molar-refractivity contribution in [1.82, 2.24) is 9.47 Å². The number of aromatic nitrogens is 1. The number of likely N-dealkylation sites (tertiary alicyclic amines) is 1. The average Bonchev–Trinajstić information content (AvgIpc) is 3.30. The lowest BCUT2D eigenvalue weighted by atomic mass is 10.1. The zero-order valence-corrected chi connectivity index (χ0v) is 20.1. The Balaban J connectivity index is 0.00000259. The van der Waals surface area contributed by atoms with Gasteiger partial charge in [-0.1, -0.05) is 11.6 Å². The van der Waals surface area contributed by atoms with Gasteiger partial charge in [0.1, 0.15) is 18.1 Å². The van der Waals surface area contributed by atoms with E-state index in [2.05, 4.69) is 26.8 Å². The number of ether oxygens (including phenoxy) is 3. The molecule has 176 valence electrons. The van der Waals surface area contributed by atoms with Crippen LogP contribution in [0.5, 0.6) is 17.2 Å². The minimum atomic E-state index is 0. The minimum absolute atomic E-state index is 0. The number of nitrogens with zero attached hydrogens (tertiary/aromatic N) is 3. The maximum Gasteiger partial charge on any atom is 0.161 e. The van der Waals surface area contributed by atoms with Crippen molar-refractivity contribution in [1.29, 1.82) is 0 Å². The van der Waals surface area contributed by atoms with Crippen molar-refractivity contribution in [3.63, 3.8) is 0 Å². The monoisotopic (exact) mass is 471 g/mol. The summed E-state index contributed by atoms with van der Waals surface area (Å²) in [6, 6.07) is 9.95. The van der Waals surface area contributed by atoms with Crippen molar-refractivity contribution in [2.24, 2.45) is 12.2 Å². The van der Waals surface area contributed by atoms with Gasteiger partial charge < -0.3 is 24.0 Å². The van der Waals surface area contributed by atoms with Gasteiger partial charge in [0.05, 0.1) is 19.9 Å². The fourth-order valence-corrected chi connectivity index (χ4v) is 5.05. The quantitative estimate of drug-likeness (QED) is 0.326. The van der Waals surface area contributed by atoms with Crippen molar-refractivity contribution in [3.05, 3.63) is 41.5 Å². The molecule has 2 aromatic carbocycles. The van der Waals surface area contributed by atoms with Crippen LogP contribution in [0.1, 0.15) is 30.4 Å². The molecular formula is C25H30ClN3O4. The smallest absolute Gasteiger partial charge is 0.161 e. The SMILES string of the molecule is COc1cc2c(cc1OC)-c1c(c3cc(OCCN4CCCCC4)ccc3n1C)/C2=N\O.Cl. The topological polar surface area (TPSA) is 68.5 Å². The van der Waals surface area contributed by atoms with Crippen LogP contribution in [0.2, 0.25) is 0 Å². The largest absolute Gasteiger partial charge is 0.493 e. The number of methoxy groups -OCH3 is 2. The molecule has 33 heavy (non-hydrogen) atoms. The van der Waals surface area contributed by atoms with E-state index < -0.39 is 0 Å². The van der Waals surface area contributed by atoms with Crippen LogP contribution in [0.15, 0.2) is 35.5 Å². The van der Waals surface area contributed by atoms with Crippen molar-refractivity contribution in [2.45, 2.75) is 19.3 Å². The van der Waals surface area contributed by atoms with Gasteiger partial charge in [0, 0.05) is 41.2 Å². The Labute approximate surface area is 199 Å². The van der Waals surface area contributed by atoms with Crippen molar-refractivity contribution >= 4 is 29.0 Å². The van der Waals surface area contributed by atoms with Crippen molar-refractivity contribution in [3.8, 4) is 28.5 Å². The van der Waals surface area contributed by atoms with E-state index in [9.17, 15) is 5.21 Å². The maximum atomic E-state index is 9.94. The third-order valence-corrected chi connectivity index (χ3v) is 6.67. The first-order chi connectivity index (χ1) is 15.7. The summed E-state index contributed by atoms with van der Waals surface area (Å²) in [5.41, 5.74) is 5.26. The number of hydrogen-bond acceptors (Lipinski definition) is 6. The van der Waals surface area contributed by atoms with Gasteiger partial charge in [-0.3, -0.25) is 4.90 Å². The molecule has 0 radical (unpaired) electrons. The zero-order chi connectivity index (χ0) is 22.2. The van der Waals surface area contributed by atoms with E-state index in [1.807, 2.05) is 25.2 Å². The van der Waals surface area contributed by atoms with Crippen LogP contribution < -0.4 is 14.2 Å². The average molecular weight is 472 g/mol. The molecule has 2 heterocycles. The molecule has 0 atom stereocenters. The Kier molecular flexibility index (Phi) is 6.72. The Morgan fingerprint density at radius 2 is 1.67 bits per heavy atom. The minimum Gasteiger partial charge on any atom is -0.493 e. The number of halogens is 1. The molecule has 0 saturated carbocycles. The number of benzene rings is 2. The molecule has 7 nitrogen and oxygen atoms in total. The van der Waals surface area contributed by atoms with Crippen LogP contribution in [-0.4, -0.2) is 60.8 Å². The number of piperidine rings is 1. The Morgan fingerprint density at radius 3 is 2.33 bits per heavy atom. The van der Waals surface area contributed by atoms with Gasteiger partial charge in [-0.15, -0.1) is 12.4 Å². The molecule has 0 unspecified atom stereocenters. The lowest BCUT2D eigenvalue weighted by Crippen LogP contribution is -2.33. The van der Waals surface area contributed by atoms with E-state index in [1.165, 1.54) is 19.3 Å². The summed E-state index contributed by atoms with van der Waals surface area (Å²) in [4.78, 5) is 2.47. The summed E-state index contributed by atoms with van der Waals surface area (Å²) in [7, 11) is 5.25. The van der Waals surface area contributed by atoms with Crippen molar-refractivity contribution in [2.75, 3.05) is 40.5 Å². The molecule has 1 fully saturated rings. The molecule has 1 N–H and O–H groups in total. The highest BCUT2D eigenvalue weighted by atomic mass is 35.5. The predicted octanol–water partition coefficient (Wildman–Crippen LogP) is 4.69. The van der Waals surface area contributed by atoms with Gasteiger partial charge >= 0.3 is 0 Å². The summed E-state index contributed by atoms with van der Waals surface area (Å²) < 4.78 is 19.2. The molecule has 0 amide bonds. The summed E-state index contributed by atoms with van der Waals surface area (Å²) >= 11 is 0. The molecule has 3 aromatic rings. The van der Waals surface area contributed by atoms with Gasteiger partial charge in [-0.05, 0) is 56.3 Å². The van der Waals surface area contributed by atoms with Crippen LogP contribution in [0.3, 0.4) is 0 Å². The van der Waals surface area contributed by atoms with Crippen LogP contribution in [-0.2, 0) is 7.05 Å². The molecule has 0 bridgehead atoms. The lowest BCUT2D eigenvalue weighted by Gasteiger charge is -2.26. The summed E-state index contributed by atoms with van der Waals surface area (Å²) in [6.45, 7) is 3.93. The summed E-state index contributed by atoms with van der Waals surface area (Å²) in [5.74, 6) is 2.07. The van der Waals surface area contributed by atoms with Gasteiger partial charge in [0.15, 0.2) is 11.5 Å². The first-order valence-electron chi connectivity index (χ1n) is 11.1. The number of fused-ring (bicyclic) bond motifs is 5. The van der Waals surface area contributed by atoms with Crippen LogP contribution in [0.25, 0.3) is 22.2 Å². The molecular weight excluding hydrogens is 442 g/mol. The second-order valence-corrected chi connectivity index (χ2v) is 8.41. The highest BCUT2D eigenvalue weighted by molar-refractivity contribution is 6.30. The van der Waals surface area contributed by atoms with Gasteiger partial charge in [-0.25, -0.2) is 0 Å². The highest BCUT2D eigenvalue weighted by Crippen LogP contribution is 2.47. The van der Waals surface area contributed by atoms with Crippen LogP contribution in [0.4, 0.5) is 0 Å². The molecule has 0 spiro atoms. The van der Waals surface area contributed by atoms with E-state index in [1.54, 1.807) is 14.2 Å². The standard InChI is InChI=1S/C25H29N3O4.ClH/c1-27-20-8-7-16(32-12-11-28-9-5-4-6-10-28)13-19(20)23-24(26-29)17-14-21(30-2)22(31-3)15-18(17)25(23)27;/h7-8,13-15,29H,4-6,9-12H2,1-3H3;1H/b26-24-;. The van der Waals surface area contributed by atoms with Crippen LogP contribution >= 0.6 is 12.4 Å². The van der Waals surface area contributed by atoms with Gasteiger partial charge in [0.25, 0.3) is 0 Å². The van der Waals surface area contributed by atoms with E-state index in [-0.39, 0.29) is 12.4 Å². The first kappa shape index (κ1) is 23.3. The molecule has 1 aliphatic carbocycles. The second kappa shape index (κ2) is 9.53. The number of aryl methyl sites for hydroxylation is 1. The normalized spacial score (nSPS) is 16.4. The Bertz CT molecular complexity index is 1200. The molecule has 5 rings (SSSR count). The molecule has 1 aromatic heterocycles. The molecule has 1 saturated heterocycles. The lowest BCUT2D eigenvalue weighted by molar-refractivity contribution is 0.183. The van der Waals surface area contributed by atoms with E-state index in [0.717, 1.165) is 58.7 Å². The fourth-order valence-electron chi connectivity index (χ4n) is 5.05. The van der Waals surface area contributed by atoms with Crippen molar-refractivity contribution < 1.29 is 19.4 Å².